The predicted octanol–water partition coefficient (Wildman–Crippen LogP) is 6.18. The van der Waals surface area contributed by atoms with Crippen molar-refractivity contribution in [2.45, 2.75) is 31.2 Å². The molecule has 8 rings (SSSR count). The summed E-state index contributed by atoms with van der Waals surface area (Å²) >= 11 is 18.9. The Morgan fingerprint density at radius 1 is 1.00 bits per heavy atom. The van der Waals surface area contributed by atoms with Crippen molar-refractivity contribution >= 4 is 46.4 Å². The molecule has 1 fully saturated rings. The number of carbonyl (C=O) groups is 1. The fourth-order valence-electron chi connectivity index (χ4n) is 6.37. The number of aromatic amines is 1. The number of aromatic nitrogens is 6. The number of benzene rings is 2. The van der Waals surface area contributed by atoms with Crippen LogP contribution in [0.1, 0.15) is 41.9 Å². The number of nitrogens with zero attached hydrogens (tertiary/aromatic N) is 5. The minimum Gasteiger partial charge on any atom is -0.339 e. The van der Waals surface area contributed by atoms with Gasteiger partial charge < -0.3 is 14.9 Å². The number of H-pyrrole nitrogens is 1. The molecule has 2 aromatic carbocycles. The number of imidazole rings is 1. The number of amides is 1. The number of rotatable bonds is 4. The molecule has 3 aromatic heterocycles. The van der Waals surface area contributed by atoms with Gasteiger partial charge in [-0.15, -0.1) is 5.10 Å². The third-order valence-corrected chi connectivity index (χ3v) is 9.01. The Labute approximate surface area is 252 Å². The van der Waals surface area contributed by atoms with Gasteiger partial charge in [0, 0.05) is 51.5 Å². The van der Waals surface area contributed by atoms with E-state index in [0.29, 0.717) is 51.0 Å². The van der Waals surface area contributed by atoms with Crippen LogP contribution in [0, 0.1) is 11.7 Å². The van der Waals surface area contributed by atoms with Crippen LogP contribution >= 0.6 is 34.8 Å². The van der Waals surface area contributed by atoms with Crippen molar-refractivity contribution in [2.75, 3.05) is 5.32 Å². The molecule has 1 amide bonds. The van der Waals surface area contributed by atoms with Crippen LogP contribution in [0.25, 0.3) is 28.1 Å². The second-order valence-corrected chi connectivity index (χ2v) is 11.9. The molecule has 0 spiro atoms. The summed E-state index contributed by atoms with van der Waals surface area (Å²) in [5.74, 6) is 0.233. The van der Waals surface area contributed by atoms with Gasteiger partial charge in [0.2, 0.25) is 5.91 Å². The molecule has 0 bridgehead atoms. The zero-order valence-corrected chi connectivity index (χ0v) is 23.8. The van der Waals surface area contributed by atoms with E-state index in [1.165, 1.54) is 0 Å². The average molecular weight is 623 g/mol. The highest BCUT2D eigenvalue weighted by atomic mass is 35.5. The summed E-state index contributed by atoms with van der Waals surface area (Å²) < 4.78 is 18.9. The van der Waals surface area contributed by atoms with Crippen molar-refractivity contribution in [1.82, 2.24) is 29.5 Å². The number of anilines is 1. The fraction of sp³-hybridized carbons (Fsp3) is 0.207. The molecule has 1 aliphatic carbocycles. The van der Waals surface area contributed by atoms with Crippen molar-refractivity contribution in [2.24, 2.45) is 5.92 Å². The van der Waals surface area contributed by atoms with E-state index >= 15 is 4.39 Å². The van der Waals surface area contributed by atoms with Gasteiger partial charge in [-0.2, -0.15) is 0 Å². The second-order valence-electron chi connectivity index (χ2n) is 10.8. The van der Waals surface area contributed by atoms with Crippen molar-refractivity contribution in [3.8, 4) is 28.1 Å². The number of pyridine rings is 1. The molecule has 5 heterocycles. The Morgan fingerprint density at radius 3 is 2.67 bits per heavy atom. The van der Waals surface area contributed by atoms with Crippen molar-refractivity contribution in [3.05, 3.63) is 97.2 Å². The van der Waals surface area contributed by atoms with Crippen LogP contribution in [0.5, 0.6) is 0 Å². The average Bonchev–Trinajstić information content (AvgIpc) is 3.28. The number of hydrogen-bond acceptors (Lipinski definition) is 5. The summed E-state index contributed by atoms with van der Waals surface area (Å²) in [6.45, 7) is 0. The van der Waals surface area contributed by atoms with Gasteiger partial charge >= 0.3 is 0 Å². The normalized spacial score (nSPS) is 20.2. The molecule has 2 N–H and O–H groups in total. The lowest BCUT2D eigenvalue weighted by molar-refractivity contribution is -0.116. The van der Waals surface area contributed by atoms with E-state index < -0.39 is 5.82 Å². The third-order valence-electron chi connectivity index (χ3n) is 8.33. The van der Waals surface area contributed by atoms with E-state index in [2.05, 4.69) is 25.6 Å². The molecule has 1 saturated carbocycles. The lowest BCUT2D eigenvalue weighted by Gasteiger charge is -2.19. The van der Waals surface area contributed by atoms with Gasteiger partial charge in [0.15, 0.2) is 10.3 Å². The van der Waals surface area contributed by atoms with Crippen LogP contribution in [-0.4, -0.2) is 35.4 Å². The van der Waals surface area contributed by atoms with E-state index in [1.807, 2.05) is 6.07 Å². The summed E-state index contributed by atoms with van der Waals surface area (Å²) in [5, 5.41) is 11.5. The van der Waals surface area contributed by atoms with E-state index in [9.17, 15) is 9.59 Å². The number of hydrogen-bond donors (Lipinski definition) is 2. The highest BCUT2D eigenvalue weighted by molar-refractivity contribution is 6.32. The fourth-order valence-corrected chi connectivity index (χ4v) is 6.91. The number of nitrogens with one attached hydrogen (secondary N) is 2. The lowest BCUT2D eigenvalue weighted by atomic mass is 9.98. The maximum atomic E-state index is 15.6. The summed E-state index contributed by atoms with van der Waals surface area (Å²) in [7, 11) is 0. The Kier molecular flexibility index (Phi) is 5.66. The van der Waals surface area contributed by atoms with Gasteiger partial charge in [-0.05, 0) is 60.7 Å². The smallest absolute Gasteiger partial charge is 0.252 e. The predicted molar refractivity (Wildman–Crippen MR) is 156 cm³/mol. The van der Waals surface area contributed by atoms with Crippen LogP contribution in [0.2, 0.25) is 15.3 Å². The first-order chi connectivity index (χ1) is 20.3. The maximum absolute atomic E-state index is 15.6. The molecular weight excluding hydrogens is 604 g/mol. The topological polar surface area (TPSA) is 110 Å². The van der Waals surface area contributed by atoms with Crippen LogP contribution in [-0.2, 0) is 11.2 Å². The highest BCUT2D eigenvalue weighted by Crippen LogP contribution is 2.60. The van der Waals surface area contributed by atoms with Crippen molar-refractivity contribution < 1.29 is 9.18 Å². The van der Waals surface area contributed by atoms with E-state index in [0.717, 1.165) is 12.1 Å². The molecule has 0 saturated heterocycles. The summed E-state index contributed by atoms with van der Waals surface area (Å²) in [4.78, 5) is 33.2. The van der Waals surface area contributed by atoms with E-state index in [1.54, 1.807) is 51.8 Å². The van der Waals surface area contributed by atoms with Gasteiger partial charge in [-0.3, -0.25) is 9.59 Å². The monoisotopic (exact) mass is 621 g/mol. The lowest BCUT2D eigenvalue weighted by Crippen LogP contribution is -2.26. The zero-order valence-electron chi connectivity index (χ0n) is 21.5. The van der Waals surface area contributed by atoms with E-state index in [4.69, 9.17) is 34.8 Å². The number of carbonyl (C=O) groups excluding carboxylic acids is 1. The number of halogens is 4. The molecule has 210 valence electrons. The molecule has 3 aliphatic rings. The molecular formula is C29H19Cl3FN7O2. The summed E-state index contributed by atoms with van der Waals surface area (Å²) in [6, 6.07) is 11.8. The Bertz CT molecular complexity index is 2030. The standard InChI is InChI=1S/C29H19Cl3FN7O2/c30-13-1-5-20(39-11-22(31)37-38-39)16(9-13)12-7-21-17-10-18(17)27(40(21)24(42)8-12)29-35-26(28(32)36-29)15-2-4-19-14(25(15)33)3-6-23(41)34-19/h1-2,4-5,7-9,11,17-18,27H,3,6,10H2,(H,34,41)(H,35,36). The minimum absolute atomic E-state index is 0.120. The van der Waals surface area contributed by atoms with E-state index in [-0.39, 0.29) is 51.6 Å². The first kappa shape index (κ1) is 25.7. The van der Waals surface area contributed by atoms with Gasteiger partial charge in [-0.1, -0.05) is 40.0 Å². The van der Waals surface area contributed by atoms with Gasteiger partial charge in [0.25, 0.3) is 5.56 Å². The van der Waals surface area contributed by atoms with Crippen molar-refractivity contribution in [3.63, 3.8) is 0 Å². The molecule has 0 radical (unpaired) electrons. The zero-order chi connectivity index (χ0) is 28.9. The summed E-state index contributed by atoms with van der Waals surface area (Å²) in [5.41, 5.74) is 4.29. The van der Waals surface area contributed by atoms with Crippen molar-refractivity contribution in [1.29, 1.82) is 0 Å². The Morgan fingerprint density at radius 2 is 1.86 bits per heavy atom. The Hall–Kier alpha value is -3.99. The molecule has 3 atom stereocenters. The molecule has 2 aliphatic heterocycles. The van der Waals surface area contributed by atoms with Crippen LogP contribution in [0.3, 0.4) is 0 Å². The van der Waals surface area contributed by atoms with Crippen LogP contribution in [0.4, 0.5) is 10.1 Å². The quantitative estimate of drug-likeness (QED) is 0.249. The number of fused-ring (bicyclic) bond motifs is 4. The largest absolute Gasteiger partial charge is 0.339 e. The van der Waals surface area contributed by atoms with Gasteiger partial charge in [0.05, 0.1) is 23.6 Å². The SMILES string of the molecule is O=C1CCc2c(ccc(-c3[nH]c(C4C5CC5c5cc(-c6cc(Cl)ccc6-n6cc(Cl)nn6)cc(=O)n54)nc3Cl)c2F)N1. The third kappa shape index (κ3) is 3.93. The van der Waals surface area contributed by atoms with Crippen LogP contribution in [0.15, 0.2) is 53.5 Å². The van der Waals surface area contributed by atoms with Crippen LogP contribution < -0.4 is 10.9 Å². The summed E-state index contributed by atoms with van der Waals surface area (Å²) in [6.07, 6.45) is 2.98. The molecule has 5 aromatic rings. The van der Waals surface area contributed by atoms with Gasteiger partial charge in [-0.25, -0.2) is 14.1 Å². The maximum Gasteiger partial charge on any atom is 0.252 e. The Balaban J connectivity index is 1.20. The van der Waals surface area contributed by atoms with Gasteiger partial charge in [0.1, 0.15) is 11.6 Å². The first-order valence-electron chi connectivity index (χ1n) is 13.3. The molecule has 42 heavy (non-hydrogen) atoms. The second kappa shape index (κ2) is 9.26. The highest BCUT2D eigenvalue weighted by Gasteiger charge is 2.54. The molecule has 9 nitrogen and oxygen atoms in total. The minimum atomic E-state index is -0.450. The molecule has 3 unspecified atom stereocenters. The first-order valence-corrected chi connectivity index (χ1v) is 14.4. The molecule has 13 heteroatoms.